The van der Waals surface area contributed by atoms with Gasteiger partial charge in [-0.25, -0.2) is 19.3 Å². The van der Waals surface area contributed by atoms with E-state index in [0.29, 0.717) is 23.6 Å². The molecule has 0 radical (unpaired) electrons. The summed E-state index contributed by atoms with van der Waals surface area (Å²) in [6, 6.07) is 11.6. The molecule has 0 aromatic carbocycles. The second-order valence-corrected chi connectivity index (χ2v) is 8.52. The monoisotopic (exact) mass is 443 g/mol. The highest BCUT2D eigenvalue weighted by molar-refractivity contribution is 7.13. The molecule has 160 valence electrons. The van der Waals surface area contributed by atoms with E-state index in [0.717, 1.165) is 21.5 Å². The maximum atomic E-state index is 13.3. The van der Waals surface area contributed by atoms with Crippen molar-refractivity contribution < 1.29 is 4.79 Å². The molecule has 1 N–H and O–H groups in total. The molecule has 0 saturated heterocycles. The van der Waals surface area contributed by atoms with E-state index < -0.39 is 0 Å². The first kappa shape index (κ1) is 20.1. The lowest BCUT2D eigenvalue weighted by Gasteiger charge is -2.12. The lowest BCUT2D eigenvalue weighted by atomic mass is 10.1. The molecule has 0 aliphatic heterocycles. The minimum atomic E-state index is -0.186. The van der Waals surface area contributed by atoms with Crippen LogP contribution in [0.25, 0.3) is 27.4 Å². The lowest BCUT2D eigenvalue weighted by molar-refractivity contribution is 0.0952. The smallest absolute Gasteiger partial charge is 0.252 e. The van der Waals surface area contributed by atoms with E-state index in [-0.39, 0.29) is 11.9 Å². The van der Waals surface area contributed by atoms with Crippen LogP contribution in [0.2, 0.25) is 0 Å². The van der Waals surface area contributed by atoms with Gasteiger partial charge < -0.3 is 5.32 Å². The van der Waals surface area contributed by atoms with Gasteiger partial charge in [-0.15, -0.1) is 11.3 Å². The van der Waals surface area contributed by atoms with Crippen molar-refractivity contribution in [2.75, 3.05) is 0 Å². The Bertz CT molecular complexity index is 1370. The van der Waals surface area contributed by atoms with Crippen molar-refractivity contribution in [2.45, 2.75) is 26.4 Å². The van der Waals surface area contributed by atoms with Crippen molar-refractivity contribution in [3.63, 3.8) is 0 Å². The quantitative estimate of drug-likeness (QED) is 0.424. The zero-order valence-corrected chi connectivity index (χ0v) is 18.5. The molecule has 0 unspecified atom stereocenters. The van der Waals surface area contributed by atoms with Crippen LogP contribution in [0, 0.1) is 0 Å². The molecule has 8 nitrogen and oxygen atoms in total. The van der Waals surface area contributed by atoms with Crippen LogP contribution < -0.4 is 5.32 Å². The number of thiophene rings is 1. The first-order valence-electron chi connectivity index (χ1n) is 10.3. The zero-order chi connectivity index (χ0) is 22.1. The summed E-state index contributed by atoms with van der Waals surface area (Å²) in [7, 11) is 0. The number of hydrogen-bond acceptors (Lipinski definition) is 6. The Morgan fingerprint density at radius 3 is 2.81 bits per heavy atom. The summed E-state index contributed by atoms with van der Waals surface area (Å²) in [6.45, 7) is 4.41. The van der Waals surface area contributed by atoms with Gasteiger partial charge in [-0.3, -0.25) is 4.79 Å². The van der Waals surface area contributed by atoms with Gasteiger partial charge >= 0.3 is 0 Å². The van der Waals surface area contributed by atoms with Gasteiger partial charge in [0.15, 0.2) is 11.5 Å². The largest absolute Gasteiger partial charge is 0.348 e. The Labute approximate surface area is 188 Å². The third-order valence-corrected chi connectivity index (χ3v) is 5.99. The van der Waals surface area contributed by atoms with Crippen LogP contribution in [-0.2, 0) is 6.54 Å². The SMILES string of the molecule is CC(C)n1ncc2c(C(=O)NCc3cccnc3-n3cccn3)cc(-c3cccs3)nc21. The van der Waals surface area contributed by atoms with Gasteiger partial charge in [0.25, 0.3) is 5.91 Å². The molecule has 0 fully saturated rings. The Hall–Kier alpha value is -3.85. The molecule has 5 rings (SSSR count). The normalized spacial score (nSPS) is 11.3. The van der Waals surface area contributed by atoms with Gasteiger partial charge in [-0.2, -0.15) is 10.2 Å². The third-order valence-electron chi connectivity index (χ3n) is 5.10. The van der Waals surface area contributed by atoms with Crippen molar-refractivity contribution in [1.82, 2.24) is 34.8 Å². The fraction of sp³-hybridized carbons (Fsp3) is 0.174. The summed E-state index contributed by atoms with van der Waals surface area (Å²) in [6.07, 6.45) is 6.95. The van der Waals surface area contributed by atoms with Crippen LogP contribution >= 0.6 is 11.3 Å². The molecule has 0 saturated carbocycles. The first-order valence-corrected chi connectivity index (χ1v) is 11.1. The number of fused-ring (bicyclic) bond motifs is 1. The Morgan fingerprint density at radius 2 is 2.06 bits per heavy atom. The minimum Gasteiger partial charge on any atom is -0.348 e. The highest BCUT2D eigenvalue weighted by Crippen LogP contribution is 2.29. The molecule has 0 aliphatic rings. The Balaban J connectivity index is 1.50. The van der Waals surface area contributed by atoms with Crippen molar-refractivity contribution in [1.29, 1.82) is 0 Å². The van der Waals surface area contributed by atoms with Crippen LogP contribution in [-0.4, -0.2) is 35.4 Å². The number of nitrogens with zero attached hydrogens (tertiary/aromatic N) is 6. The predicted molar refractivity (Wildman–Crippen MR) is 124 cm³/mol. The summed E-state index contributed by atoms with van der Waals surface area (Å²) in [4.78, 5) is 23.6. The summed E-state index contributed by atoms with van der Waals surface area (Å²) < 4.78 is 3.54. The standard InChI is InChI=1S/C23H21N7OS/c1-15(2)30-22-18(14-27-30)17(12-19(28-22)20-7-4-11-32-20)23(31)25-13-16-6-3-8-24-21(16)29-10-5-9-26-29/h3-12,14-15H,13H2,1-2H3,(H,25,31). The molecule has 0 atom stereocenters. The van der Waals surface area contributed by atoms with Crippen LogP contribution in [0.15, 0.2) is 66.6 Å². The van der Waals surface area contributed by atoms with Gasteiger partial charge in [0.1, 0.15) is 0 Å². The van der Waals surface area contributed by atoms with Crippen LogP contribution in [0.4, 0.5) is 0 Å². The Kier molecular flexibility index (Phi) is 5.24. The van der Waals surface area contributed by atoms with Gasteiger partial charge in [-0.05, 0) is 43.5 Å². The third kappa shape index (κ3) is 3.67. The second-order valence-electron chi connectivity index (χ2n) is 7.57. The maximum absolute atomic E-state index is 13.3. The fourth-order valence-electron chi connectivity index (χ4n) is 3.57. The first-order chi connectivity index (χ1) is 15.6. The molecular weight excluding hydrogens is 422 g/mol. The average molecular weight is 444 g/mol. The number of carbonyl (C=O) groups is 1. The van der Waals surface area contributed by atoms with E-state index in [1.807, 2.05) is 66.5 Å². The second kappa shape index (κ2) is 8.35. The molecule has 0 spiro atoms. The fourth-order valence-corrected chi connectivity index (χ4v) is 4.26. The van der Waals surface area contributed by atoms with E-state index in [4.69, 9.17) is 4.98 Å². The number of carbonyl (C=O) groups excluding carboxylic acids is 1. The molecule has 5 heterocycles. The number of pyridine rings is 2. The van der Waals surface area contributed by atoms with E-state index in [1.165, 1.54) is 0 Å². The van der Waals surface area contributed by atoms with Crippen molar-refractivity contribution in [3.8, 4) is 16.4 Å². The molecule has 5 aromatic heterocycles. The number of amides is 1. The number of rotatable bonds is 6. The number of hydrogen-bond donors (Lipinski definition) is 1. The molecule has 9 heteroatoms. The highest BCUT2D eigenvalue weighted by Gasteiger charge is 2.19. The zero-order valence-electron chi connectivity index (χ0n) is 17.6. The molecular formula is C23H21N7OS. The van der Waals surface area contributed by atoms with Gasteiger partial charge in [0.2, 0.25) is 0 Å². The van der Waals surface area contributed by atoms with E-state index in [2.05, 4.69) is 20.5 Å². The summed E-state index contributed by atoms with van der Waals surface area (Å²) in [5.74, 6) is 0.498. The average Bonchev–Trinajstić information content (AvgIpc) is 3.58. The van der Waals surface area contributed by atoms with Gasteiger partial charge in [-0.1, -0.05) is 12.1 Å². The van der Waals surface area contributed by atoms with Gasteiger partial charge in [0.05, 0.1) is 27.7 Å². The maximum Gasteiger partial charge on any atom is 0.252 e. The minimum absolute atomic E-state index is 0.126. The summed E-state index contributed by atoms with van der Waals surface area (Å²) in [5.41, 5.74) is 2.88. The van der Waals surface area contributed by atoms with E-state index in [9.17, 15) is 4.79 Å². The van der Waals surface area contributed by atoms with Crippen LogP contribution in [0.1, 0.15) is 35.8 Å². The van der Waals surface area contributed by atoms with E-state index >= 15 is 0 Å². The number of aromatic nitrogens is 6. The highest BCUT2D eigenvalue weighted by atomic mass is 32.1. The lowest BCUT2D eigenvalue weighted by Crippen LogP contribution is -2.24. The molecule has 0 aliphatic carbocycles. The molecule has 5 aromatic rings. The number of nitrogens with one attached hydrogen (secondary N) is 1. The van der Waals surface area contributed by atoms with Crippen molar-refractivity contribution in [3.05, 3.63) is 77.7 Å². The molecule has 0 bridgehead atoms. The summed E-state index contributed by atoms with van der Waals surface area (Å²) >= 11 is 1.59. The summed E-state index contributed by atoms with van der Waals surface area (Å²) in [5, 5.41) is 14.5. The molecule has 1 amide bonds. The van der Waals surface area contributed by atoms with Crippen LogP contribution in [0.5, 0.6) is 0 Å². The Morgan fingerprint density at radius 1 is 1.16 bits per heavy atom. The molecule has 32 heavy (non-hydrogen) atoms. The van der Waals surface area contributed by atoms with E-state index in [1.54, 1.807) is 34.6 Å². The van der Waals surface area contributed by atoms with Crippen LogP contribution in [0.3, 0.4) is 0 Å². The van der Waals surface area contributed by atoms with Crippen molar-refractivity contribution >= 4 is 28.3 Å². The predicted octanol–water partition coefficient (Wildman–Crippen LogP) is 4.25. The van der Waals surface area contributed by atoms with Gasteiger partial charge in [0, 0.05) is 36.7 Å². The topological polar surface area (TPSA) is 90.5 Å². The van der Waals surface area contributed by atoms with Crippen molar-refractivity contribution in [2.24, 2.45) is 0 Å².